The standard InChI is InChI=1S/C10H15N5OS/c1-3-17-5-7(2)12-8-4-9-13-14-10(16)15(9)6-11-8/h4,6-7,12H,3,5H2,1-2H3,(H,14,16). The fourth-order valence-corrected chi connectivity index (χ4v) is 2.15. The first-order valence-corrected chi connectivity index (χ1v) is 6.63. The van der Waals surface area contributed by atoms with Gasteiger partial charge in [0.15, 0.2) is 5.65 Å². The van der Waals surface area contributed by atoms with Gasteiger partial charge < -0.3 is 5.32 Å². The van der Waals surface area contributed by atoms with Crippen LogP contribution in [-0.4, -0.2) is 37.1 Å². The normalized spacial score (nSPS) is 12.8. The minimum atomic E-state index is -0.270. The topological polar surface area (TPSA) is 75.1 Å². The van der Waals surface area contributed by atoms with Gasteiger partial charge in [0.25, 0.3) is 0 Å². The lowest BCUT2D eigenvalue weighted by Crippen LogP contribution is -2.19. The van der Waals surface area contributed by atoms with E-state index in [1.807, 2.05) is 11.8 Å². The second-order valence-electron chi connectivity index (χ2n) is 3.74. The van der Waals surface area contributed by atoms with Crippen molar-refractivity contribution in [3.05, 3.63) is 22.9 Å². The molecule has 2 rings (SSSR count). The molecule has 0 spiro atoms. The molecule has 2 heterocycles. The molecule has 0 bridgehead atoms. The summed E-state index contributed by atoms with van der Waals surface area (Å²) in [5.74, 6) is 2.87. The van der Waals surface area contributed by atoms with Crippen molar-refractivity contribution in [1.82, 2.24) is 19.6 Å². The Bertz CT molecular complexity index is 549. The van der Waals surface area contributed by atoms with E-state index in [0.717, 1.165) is 17.3 Å². The molecule has 0 aliphatic heterocycles. The molecule has 0 aliphatic rings. The lowest BCUT2D eigenvalue weighted by Gasteiger charge is -2.13. The Hall–Kier alpha value is -1.50. The smallest absolute Gasteiger partial charge is 0.348 e. The number of thioether (sulfide) groups is 1. The highest BCUT2D eigenvalue weighted by molar-refractivity contribution is 7.99. The third kappa shape index (κ3) is 2.79. The molecule has 2 N–H and O–H groups in total. The minimum Gasteiger partial charge on any atom is -0.367 e. The van der Waals surface area contributed by atoms with Gasteiger partial charge in [-0.1, -0.05) is 6.92 Å². The Kier molecular flexibility index (Phi) is 3.68. The highest BCUT2D eigenvalue weighted by atomic mass is 32.2. The molecule has 0 fully saturated rings. The second-order valence-corrected chi connectivity index (χ2v) is 5.05. The maximum absolute atomic E-state index is 11.2. The molecule has 2 aromatic heterocycles. The van der Waals surface area contributed by atoms with Crippen molar-refractivity contribution in [2.24, 2.45) is 0 Å². The largest absolute Gasteiger partial charge is 0.367 e. The molecular weight excluding hydrogens is 238 g/mol. The van der Waals surface area contributed by atoms with Crippen LogP contribution >= 0.6 is 11.8 Å². The number of hydrogen-bond donors (Lipinski definition) is 2. The van der Waals surface area contributed by atoms with Crippen molar-refractivity contribution < 1.29 is 0 Å². The van der Waals surface area contributed by atoms with Crippen molar-refractivity contribution in [2.45, 2.75) is 19.9 Å². The number of nitrogens with one attached hydrogen (secondary N) is 2. The van der Waals surface area contributed by atoms with Crippen LogP contribution < -0.4 is 11.0 Å². The van der Waals surface area contributed by atoms with E-state index in [9.17, 15) is 4.79 Å². The Morgan fingerprint density at radius 1 is 1.65 bits per heavy atom. The van der Waals surface area contributed by atoms with Gasteiger partial charge in [0, 0.05) is 17.9 Å². The molecule has 0 aromatic carbocycles. The van der Waals surface area contributed by atoms with Gasteiger partial charge in [0.1, 0.15) is 12.1 Å². The van der Waals surface area contributed by atoms with Crippen LogP contribution in [0.2, 0.25) is 0 Å². The Morgan fingerprint density at radius 2 is 2.47 bits per heavy atom. The van der Waals surface area contributed by atoms with E-state index in [1.54, 1.807) is 6.07 Å². The molecule has 1 unspecified atom stereocenters. The van der Waals surface area contributed by atoms with Gasteiger partial charge in [-0.15, -0.1) is 0 Å². The lowest BCUT2D eigenvalue weighted by molar-refractivity contribution is 0.895. The molecule has 0 aliphatic carbocycles. The zero-order valence-electron chi connectivity index (χ0n) is 9.80. The zero-order chi connectivity index (χ0) is 12.3. The third-order valence-corrected chi connectivity index (χ3v) is 3.42. The van der Waals surface area contributed by atoms with E-state index < -0.39 is 0 Å². The summed E-state index contributed by atoms with van der Waals surface area (Å²) in [7, 11) is 0. The van der Waals surface area contributed by atoms with E-state index in [1.165, 1.54) is 10.7 Å². The number of H-pyrrole nitrogens is 1. The highest BCUT2D eigenvalue weighted by Crippen LogP contribution is 2.09. The van der Waals surface area contributed by atoms with Crippen LogP contribution in [-0.2, 0) is 0 Å². The monoisotopic (exact) mass is 253 g/mol. The molecule has 0 radical (unpaired) electrons. The molecule has 92 valence electrons. The summed E-state index contributed by atoms with van der Waals surface area (Å²) in [6.45, 7) is 4.24. The summed E-state index contributed by atoms with van der Waals surface area (Å²) in [4.78, 5) is 15.4. The minimum absolute atomic E-state index is 0.270. The summed E-state index contributed by atoms with van der Waals surface area (Å²) in [6, 6.07) is 2.09. The average Bonchev–Trinajstić information content (AvgIpc) is 2.68. The van der Waals surface area contributed by atoms with E-state index in [2.05, 4.69) is 34.3 Å². The summed E-state index contributed by atoms with van der Waals surface area (Å²) >= 11 is 1.88. The van der Waals surface area contributed by atoms with Gasteiger partial charge >= 0.3 is 5.69 Å². The fraction of sp³-hybridized carbons (Fsp3) is 0.500. The number of nitrogens with zero attached hydrogens (tertiary/aromatic N) is 3. The second kappa shape index (κ2) is 5.22. The van der Waals surface area contributed by atoms with Gasteiger partial charge in [-0.25, -0.2) is 19.3 Å². The van der Waals surface area contributed by atoms with Crippen LogP contribution in [0.1, 0.15) is 13.8 Å². The maximum atomic E-state index is 11.2. The number of fused-ring (bicyclic) bond motifs is 1. The van der Waals surface area contributed by atoms with Crippen LogP contribution in [0.5, 0.6) is 0 Å². The van der Waals surface area contributed by atoms with Crippen LogP contribution in [0.15, 0.2) is 17.2 Å². The quantitative estimate of drug-likeness (QED) is 0.830. The SMILES string of the molecule is CCSCC(C)Nc1cc2n[nH]c(=O)n2cn1. The molecule has 0 saturated heterocycles. The van der Waals surface area contributed by atoms with E-state index in [0.29, 0.717) is 11.7 Å². The first-order chi connectivity index (χ1) is 8.20. The number of rotatable bonds is 5. The molecule has 6 nitrogen and oxygen atoms in total. The van der Waals surface area contributed by atoms with E-state index in [4.69, 9.17) is 0 Å². The number of aromatic amines is 1. The Morgan fingerprint density at radius 3 is 3.24 bits per heavy atom. The van der Waals surface area contributed by atoms with Crippen molar-refractivity contribution >= 4 is 23.2 Å². The number of aromatic nitrogens is 4. The van der Waals surface area contributed by atoms with E-state index in [-0.39, 0.29) is 5.69 Å². The zero-order valence-corrected chi connectivity index (χ0v) is 10.6. The number of hydrogen-bond acceptors (Lipinski definition) is 5. The van der Waals surface area contributed by atoms with E-state index >= 15 is 0 Å². The summed E-state index contributed by atoms with van der Waals surface area (Å²) < 4.78 is 1.37. The molecule has 7 heteroatoms. The maximum Gasteiger partial charge on any atom is 0.348 e. The number of anilines is 1. The van der Waals surface area contributed by atoms with Gasteiger partial charge in [-0.05, 0) is 12.7 Å². The molecule has 0 amide bonds. The van der Waals surface area contributed by atoms with Crippen molar-refractivity contribution in [3.63, 3.8) is 0 Å². The first kappa shape index (κ1) is 12.0. The summed E-state index contributed by atoms with van der Waals surface area (Å²) in [5.41, 5.74) is 0.302. The van der Waals surface area contributed by atoms with Gasteiger partial charge in [-0.2, -0.15) is 16.9 Å². The fourth-order valence-electron chi connectivity index (χ4n) is 1.48. The summed E-state index contributed by atoms with van der Waals surface area (Å²) in [5, 5.41) is 9.54. The van der Waals surface area contributed by atoms with Crippen molar-refractivity contribution in [3.8, 4) is 0 Å². The van der Waals surface area contributed by atoms with Crippen molar-refractivity contribution in [1.29, 1.82) is 0 Å². The molecule has 17 heavy (non-hydrogen) atoms. The van der Waals surface area contributed by atoms with Crippen LogP contribution in [0.25, 0.3) is 5.65 Å². The highest BCUT2D eigenvalue weighted by Gasteiger charge is 2.05. The van der Waals surface area contributed by atoms with Gasteiger partial charge in [0.2, 0.25) is 0 Å². The Balaban J connectivity index is 2.11. The van der Waals surface area contributed by atoms with Crippen LogP contribution in [0.3, 0.4) is 0 Å². The third-order valence-electron chi connectivity index (χ3n) is 2.28. The predicted molar refractivity (Wildman–Crippen MR) is 69.7 cm³/mol. The predicted octanol–water partition coefficient (Wildman–Crippen LogP) is 0.971. The lowest BCUT2D eigenvalue weighted by atomic mass is 10.4. The molecule has 2 aromatic rings. The Labute approximate surface area is 103 Å². The summed E-state index contributed by atoms with van der Waals surface area (Å²) in [6.07, 6.45) is 1.48. The van der Waals surface area contributed by atoms with Crippen LogP contribution in [0.4, 0.5) is 5.82 Å². The van der Waals surface area contributed by atoms with Gasteiger partial charge in [-0.3, -0.25) is 0 Å². The molecule has 1 atom stereocenters. The molecular formula is C10H15N5OS. The first-order valence-electron chi connectivity index (χ1n) is 5.47. The van der Waals surface area contributed by atoms with Gasteiger partial charge in [0.05, 0.1) is 0 Å². The average molecular weight is 253 g/mol. The van der Waals surface area contributed by atoms with Crippen molar-refractivity contribution in [2.75, 3.05) is 16.8 Å². The molecule has 0 saturated carbocycles. The van der Waals surface area contributed by atoms with Crippen LogP contribution in [0, 0.1) is 0 Å².